The Morgan fingerprint density at radius 3 is 2.31 bits per heavy atom. The van der Waals surface area contributed by atoms with E-state index in [4.69, 9.17) is 9.47 Å². The van der Waals surface area contributed by atoms with E-state index in [1.54, 1.807) is 11.8 Å². The SMILES string of the molecule is O=C(CCN1c2ccccc2Sc2ccccc21)N1CCCCC1C1OCCO1. The summed E-state index contributed by atoms with van der Waals surface area (Å²) in [4.78, 5) is 20.0. The Morgan fingerprint density at radius 2 is 1.62 bits per heavy atom. The van der Waals surface area contributed by atoms with E-state index in [-0.39, 0.29) is 18.2 Å². The largest absolute Gasteiger partial charge is 0.348 e. The molecule has 3 aliphatic heterocycles. The Labute approximate surface area is 176 Å². The van der Waals surface area contributed by atoms with Crippen molar-refractivity contribution in [3.8, 4) is 0 Å². The maximum absolute atomic E-state index is 13.2. The van der Waals surface area contributed by atoms with Crippen LogP contribution in [0.4, 0.5) is 11.4 Å². The number of ether oxygens (including phenoxy) is 2. The van der Waals surface area contributed by atoms with Gasteiger partial charge in [0.2, 0.25) is 5.91 Å². The quantitative estimate of drug-likeness (QED) is 0.746. The summed E-state index contributed by atoms with van der Waals surface area (Å²) < 4.78 is 11.5. The Balaban J connectivity index is 1.34. The van der Waals surface area contributed by atoms with Crippen molar-refractivity contribution in [3.63, 3.8) is 0 Å². The molecule has 0 aromatic heterocycles. The van der Waals surface area contributed by atoms with Gasteiger partial charge in [-0.05, 0) is 43.5 Å². The number of hydrogen-bond donors (Lipinski definition) is 0. The molecule has 29 heavy (non-hydrogen) atoms. The van der Waals surface area contributed by atoms with Gasteiger partial charge in [0.05, 0.1) is 30.6 Å². The molecule has 1 amide bonds. The summed E-state index contributed by atoms with van der Waals surface area (Å²) >= 11 is 1.80. The van der Waals surface area contributed by atoms with Gasteiger partial charge in [0.1, 0.15) is 0 Å². The number of para-hydroxylation sites is 2. The van der Waals surface area contributed by atoms with Crippen LogP contribution in [0.25, 0.3) is 0 Å². The molecule has 0 bridgehead atoms. The van der Waals surface area contributed by atoms with Crippen LogP contribution in [-0.2, 0) is 14.3 Å². The number of anilines is 2. The third kappa shape index (κ3) is 3.77. The number of piperidine rings is 1. The van der Waals surface area contributed by atoms with E-state index in [0.717, 1.165) is 25.8 Å². The van der Waals surface area contributed by atoms with Crippen LogP contribution in [0, 0.1) is 0 Å². The first-order valence-corrected chi connectivity index (χ1v) is 11.3. The standard InChI is InChI=1S/C23H26N2O3S/c26-22(25-13-6-5-9-19(25)23-27-15-16-28-23)12-14-24-17-7-1-3-10-20(17)29-21-11-4-2-8-18(21)24/h1-4,7-8,10-11,19,23H,5-6,9,12-16H2. The predicted octanol–water partition coefficient (Wildman–Crippen LogP) is 4.43. The molecule has 0 spiro atoms. The lowest BCUT2D eigenvalue weighted by Crippen LogP contribution is -2.50. The third-order valence-electron chi connectivity index (χ3n) is 5.91. The summed E-state index contributed by atoms with van der Waals surface area (Å²) in [6, 6.07) is 16.9. The number of fused-ring (bicyclic) bond motifs is 2. The second-order valence-corrected chi connectivity index (χ2v) is 8.78. The van der Waals surface area contributed by atoms with E-state index in [2.05, 4.69) is 53.4 Å². The van der Waals surface area contributed by atoms with Crippen molar-refractivity contribution in [1.82, 2.24) is 4.90 Å². The van der Waals surface area contributed by atoms with Crippen LogP contribution in [0.2, 0.25) is 0 Å². The van der Waals surface area contributed by atoms with Crippen LogP contribution in [0.1, 0.15) is 25.7 Å². The summed E-state index contributed by atoms with van der Waals surface area (Å²) in [5, 5.41) is 0. The van der Waals surface area contributed by atoms with Gasteiger partial charge < -0.3 is 19.3 Å². The molecule has 0 radical (unpaired) electrons. The highest BCUT2D eigenvalue weighted by molar-refractivity contribution is 7.99. The van der Waals surface area contributed by atoms with Crippen LogP contribution in [0.3, 0.4) is 0 Å². The van der Waals surface area contributed by atoms with Crippen LogP contribution in [-0.4, -0.2) is 49.4 Å². The van der Waals surface area contributed by atoms with Gasteiger partial charge >= 0.3 is 0 Å². The van der Waals surface area contributed by atoms with E-state index in [9.17, 15) is 4.79 Å². The molecule has 152 valence electrons. The molecular weight excluding hydrogens is 384 g/mol. The minimum atomic E-state index is -0.257. The van der Waals surface area contributed by atoms with Gasteiger partial charge in [-0.3, -0.25) is 4.79 Å². The van der Waals surface area contributed by atoms with Gasteiger partial charge in [-0.1, -0.05) is 36.0 Å². The summed E-state index contributed by atoms with van der Waals surface area (Å²) in [7, 11) is 0. The van der Waals surface area contributed by atoms with Crippen LogP contribution >= 0.6 is 11.8 Å². The van der Waals surface area contributed by atoms with Crippen LogP contribution in [0.5, 0.6) is 0 Å². The minimum Gasteiger partial charge on any atom is -0.348 e. The Bertz CT molecular complexity index is 838. The molecule has 1 unspecified atom stereocenters. The number of carbonyl (C=O) groups is 1. The molecule has 3 aliphatic rings. The van der Waals surface area contributed by atoms with E-state index in [1.165, 1.54) is 21.2 Å². The van der Waals surface area contributed by atoms with Crippen molar-refractivity contribution in [1.29, 1.82) is 0 Å². The predicted molar refractivity (Wildman–Crippen MR) is 114 cm³/mol. The summed E-state index contributed by atoms with van der Waals surface area (Å²) in [6.07, 6.45) is 3.37. The molecule has 2 aromatic rings. The Kier molecular flexibility index (Phi) is 5.48. The smallest absolute Gasteiger partial charge is 0.224 e. The van der Waals surface area contributed by atoms with Gasteiger partial charge in [0.15, 0.2) is 6.29 Å². The maximum Gasteiger partial charge on any atom is 0.224 e. The fourth-order valence-electron chi connectivity index (χ4n) is 4.52. The lowest BCUT2D eigenvalue weighted by molar-refractivity contribution is -0.150. The normalized spacial score (nSPS) is 21.7. The molecule has 0 aliphatic carbocycles. The average Bonchev–Trinajstić information content (AvgIpc) is 3.31. The minimum absolute atomic E-state index is 0.0511. The number of rotatable bonds is 4. The number of amides is 1. The molecule has 6 heteroatoms. The number of benzene rings is 2. The third-order valence-corrected chi connectivity index (χ3v) is 7.04. The molecule has 5 nitrogen and oxygen atoms in total. The van der Waals surface area contributed by atoms with Crippen LogP contribution in [0.15, 0.2) is 58.3 Å². The van der Waals surface area contributed by atoms with E-state index in [1.807, 2.05) is 4.90 Å². The van der Waals surface area contributed by atoms with Gasteiger partial charge in [0, 0.05) is 29.3 Å². The monoisotopic (exact) mass is 410 g/mol. The highest BCUT2D eigenvalue weighted by Gasteiger charge is 2.36. The number of hydrogen-bond acceptors (Lipinski definition) is 5. The topological polar surface area (TPSA) is 42.0 Å². The summed E-state index contributed by atoms with van der Waals surface area (Å²) in [6.45, 7) is 2.73. The number of nitrogens with zero attached hydrogens (tertiary/aromatic N) is 2. The lowest BCUT2D eigenvalue weighted by Gasteiger charge is -2.39. The molecule has 2 aromatic carbocycles. The van der Waals surface area contributed by atoms with Gasteiger partial charge in [-0.15, -0.1) is 0 Å². The first-order chi connectivity index (χ1) is 14.3. The molecule has 2 saturated heterocycles. The van der Waals surface area contributed by atoms with Crippen molar-refractivity contribution in [2.24, 2.45) is 0 Å². The second-order valence-electron chi connectivity index (χ2n) is 7.70. The number of carbonyl (C=O) groups excluding carboxylic acids is 1. The lowest BCUT2D eigenvalue weighted by atomic mass is 10.0. The maximum atomic E-state index is 13.2. The average molecular weight is 411 g/mol. The zero-order valence-corrected chi connectivity index (χ0v) is 17.3. The number of likely N-dealkylation sites (tertiary alicyclic amines) is 1. The van der Waals surface area contributed by atoms with E-state index in [0.29, 0.717) is 26.2 Å². The molecule has 1 atom stereocenters. The fraction of sp³-hybridized carbons (Fsp3) is 0.435. The van der Waals surface area contributed by atoms with Gasteiger partial charge in [-0.2, -0.15) is 0 Å². The summed E-state index contributed by atoms with van der Waals surface area (Å²) in [5.41, 5.74) is 2.36. The second kappa shape index (κ2) is 8.38. The highest BCUT2D eigenvalue weighted by atomic mass is 32.2. The van der Waals surface area contributed by atoms with Crippen molar-refractivity contribution in [2.75, 3.05) is 31.2 Å². The van der Waals surface area contributed by atoms with Crippen LogP contribution < -0.4 is 4.90 Å². The first kappa shape index (κ1) is 19.0. The molecule has 0 N–H and O–H groups in total. The molecule has 5 rings (SSSR count). The van der Waals surface area contributed by atoms with Crippen molar-refractivity contribution < 1.29 is 14.3 Å². The molecule has 2 fully saturated rings. The summed E-state index contributed by atoms with van der Waals surface area (Å²) in [5.74, 6) is 0.196. The van der Waals surface area contributed by atoms with Crippen molar-refractivity contribution in [3.05, 3.63) is 48.5 Å². The van der Waals surface area contributed by atoms with Crippen molar-refractivity contribution in [2.45, 2.75) is 47.8 Å². The Hall–Kier alpha value is -2.02. The van der Waals surface area contributed by atoms with Gasteiger partial charge in [-0.25, -0.2) is 0 Å². The highest BCUT2D eigenvalue weighted by Crippen LogP contribution is 2.47. The Morgan fingerprint density at radius 1 is 0.966 bits per heavy atom. The fourth-order valence-corrected chi connectivity index (χ4v) is 5.62. The van der Waals surface area contributed by atoms with E-state index < -0.39 is 0 Å². The zero-order valence-electron chi connectivity index (χ0n) is 16.5. The van der Waals surface area contributed by atoms with E-state index >= 15 is 0 Å². The first-order valence-electron chi connectivity index (χ1n) is 10.5. The molecule has 3 heterocycles. The van der Waals surface area contributed by atoms with Crippen molar-refractivity contribution >= 4 is 29.0 Å². The molecular formula is C23H26N2O3S. The zero-order chi connectivity index (χ0) is 19.6. The van der Waals surface area contributed by atoms with Gasteiger partial charge in [0.25, 0.3) is 0 Å². The molecule has 0 saturated carbocycles.